The standard InChI is InChI=1S/C13H11BrFN3O/c1-19-13-9(3-2-6-17-13)12(16)18-8-4-5-11(15)10(14)7-8/h2-7H,1H3,(H2,16,18). The molecule has 1 aromatic heterocycles. The second-order valence-electron chi connectivity index (χ2n) is 3.69. The van der Waals surface area contributed by atoms with E-state index in [4.69, 9.17) is 10.1 Å². The van der Waals surface area contributed by atoms with Crippen LogP contribution in [0.5, 0.6) is 5.88 Å². The molecule has 6 heteroatoms. The second kappa shape index (κ2) is 5.79. The van der Waals surface area contributed by atoms with Crippen LogP contribution in [0.25, 0.3) is 0 Å². The first-order valence-electron chi connectivity index (χ1n) is 5.42. The van der Waals surface area contributed by atoms with E-state index >= 15 is 0 Å². The molecular formula is C13H11BrFN3O. The molecule has 98 valence electrons. The number of rotatable bonds is 3. The minimum Gasteiger partial charge on any atom is -0.480 e. The fraction of sp³-hybridized carbons (Fsp3) is 0.0769. The lowest BCUT2D eigenvalue weighted by Gasteiger charge is -2.11. The number of aromatic nitrogens is 1. The summed E-state index contributed by atoms with van der Waals surface area (Å²) >= 11 is 3.10. The second-order valence-corrected chi connectivity index (χ2v) is 4.54. The summed E-state index contributed by atoms with van der Waals surface area (Å²) in [6.45, 7) is 0. The fourth-order valence-corrected chi connectivity index (χ4v) is 1.91. The Labute approximate surface area is 118 Å². The van der Waals surface area contributed by atoms with Crippen molar-refractivity contribution in [2.45, 2.75) is 0 Å². The number of benzene rings is 1. The van der Waals surface area contributed by atoms with Crippen molar-refractivity contribution in [2.24, 2.45) is 0 Å². The smallest absolute Gasteiger partial charge is 0.224 e. The molecule has 0 unspecified atom stereocenters. The maximum atomic E-state index is 13.1. The lowest BCUT2D eigenvalue weighted by molar-refractivity contribution is 0.397. The van der Waals surface area contributed by atoms with Gasteiger partial charge in [0, 0.05) is 11.9 Å². The van der Waals surface area contributed by atoms with E-state index in [-0.39, 0.29) is 11.7 Å². The Morgan fingerprint density at radius 2 is 2.21 bits per heavy atom. The third-order valence-electron chi connectivity index (χ3n) is 2.42. The van der Waals surface area contributed by atoms with E-state index in [0.29, 0.717) is 21.6 Å². The molecule has 1 heterocycles. The van der Waals surface area contributed by atoms with Crippen molar-refractivity contribution in [1.29, 1.82) is 5.41 Å². The SMILES string of the molecule is COc1ncccc1C(=N)Nc1ccc(F)c(Br)c1. The number of ether oxygens (including phenoxy) is 1. The van der Waals surface area contributed by atoms with Crippen molar-refractivity contribution in [3.63, 3.8) is 0 Å². The number of anilines is 1. The number of methoxy groups -OCH3 is 1. The van der Waals surface area contributed by atoms with Crippen LogP contribution < -0.4 is 10.1 Å². The molecular weight excluding hydrogens is 313 g/mol. The van der Waals surface area contributed by atoms with Gasteiger partial charge in [0.15, 0.2) is 0 Å². The van der Waals surface area contributed by atoms with Crippen molar-refractivity contribution < 1.29 is 9.13 Å². The Balaban J connectivity index is 2.23. The highest BCUT2D eigenvalue weighted by Gasteiger charge is 2.10. The predicted octanol–water partition coefficient (Wildman–Crippen LogP) is 3.43. The molecule has 0 atom stereocenters. The first kappa shape index (κ1) is 13.5. The minimum atomic E-state index is -0.351. The normalized spacial score (nSPS) is 10.1. The van der Waals surface area contributed by atoms with Crippen LogP contribution in [-0.2, 0) is 0 Å². The molecule has 0 aliphatic heterocycles. The topological polar surface area (TPSA) is 58.0 Å². The summed E-state index contributed by atoms with van der Waals surface area (Å²) in [4.78, 5) is 4.02. The van der Waals surface area contributed by atoms with Crippen LogP contribution in [0.1, 0.15) is 5.56 Å². The van der Waals surface area contributed by atoms with Gasteiger partial charge in [-0.3, -0.25) is 5.41 Å². The van der Waals surface area contributed by atoms with Gasteiger partial charge in [-0.05, 0) is 46.3 Å². The number of nitrogens with one attached hydrogen (secondary N) is 2. The highest BCUT2D eigenvalue weighted by atomic mass is 79.9. The van der Waals surface area contributed by atoms with E-state index in [0.717, 1.165) is 0 Å². The summed E-state index contributed by atoms with van der Waals surface area (Å²) in [5.41, 5.74) is 1.13. The Kier molecular flexibility index (Phi) is 4.11. The van der Waals surface area contributed by atoms with Gasteiger partial charge < -0.3 is 10.1 Å². The maximum Gasteiger partial charge on any atom is 0.224 e. The molecule has 0 bridgehead atoms. The van der Waals surface area contributed by atoms with Gasteiger partial charge in [0.2, 0.25) is 5.88 Å². The quantitative estimate of drug-likeness (QED) is 0.672. The number of amidine groups is 1. The minimum absolute atomic E-state index is 0.128. The van der Waals surface area contributed by atoms with Crippen molar-refractivity contribution in [1.82, 2.24) is 4.98 Å². The average Bonchev–Trinajstić information content (AvgIpc) is 2.43. The molecule has 2 rings (SSSR count). The largest absolute Gasteiger partial charge is 0.480 e. The predicted molar refractivity (Wildman–Crippen MR) is 75.3 cm³/mol. The third-order valence-corrected chi connectivity index (χ3v) is 3.03. The van der Waals surface area contributed by atoms with Gasteiger partial charge >= 0.3 is 0 Å². The summed E-state index contributed by atoms with van der Waals surface area (Å²) in [6.07, 6.45) is 1.59. The van der Waals surface area contributed by atoms with Crippen molar-refractivity contribution in [2.75, 3.05) is 12.4 Å². The van der Waals surface area contributed by atoms with E-state index in [2.05, 4.69) is 26.2 Å². The number of nitrogens with zero attached hydrogens (tertiary/aromatic N) is 1. The van der Waals surface area contributed by atoms with E-state index in [1.165, 1.54) is 13.2 Å². The molecule has 0 aliphatic rings. The van der Waals surface area contributed by atoms with Crippen LogP contribution in [0.15, 0.2) is 41.0 Å². The number of hydrogen-bond acceptors (Lipinski definition) is 3. The summed E-state index contributed by atoms with van der Waals surface area (Å²) in [6, 6.07) is 7.87. The lowest BCUT2D eigenvalue weighted by atomic mass is 10.2. The molecule has 0 amide bonds. The molecule has 0 saturated carbocycles. The molecule has 4 nitrogen and oxygen atoms in total. The molecule has 0 spiro atoms. The van der Waals surface area contributed by atoms with Crippen LogP contribution in [0.2, 0.25) is 0 Å². The van der Waals surface area contributed by atoms with Crippen molar-refractivity contribution in [3.8, 4) is 5.88 Å². The molecule has 1 aromatic carbocycles. The van der Waals surface area contributed by atoms with E-state index in [1.807, 2.05) is 0 Å². The molecule has 19 heavy (non-hydrogen) atoms. The van der Waals surface area contributed by atoms with Gasteiger partial charge in [-0.2, -0.15) is 0 Å². The molecule has 0 radical (unpaired) electrons. The number of hydrogen-bond donors (Lipinski definition) is 2. The molecule has 0 saturated heterocycles. The zero-order chi connectivity index (χ0) is 13.8. The first-order valence-corrected chi connectivity index (χ1v) is 6.21. The van der Waals surface area contributed by atoms with Gasteiger partial charge in [0.25, 0.3) is 0 Å². The average molecular weight is 324 g/mol. The Morgan fingerprint density at radius 1 is 1.42 bits per heavy atom. The highest BCUT2D eigenvalue weighted by molar-refractivity contribution is 9.10. The van der Waals surface area contributed by atoms with Crippen LogP contribution in [0.3, 0.4) is 0 Å². The van der Waals surface area contributed by atoms with E-state index in [9.17, 15) is 4.39 Å². The number of halogens is 2. The molecule has 2 aromatic rings. The summed E-state index contributed by atoms with van der Waals surface area (Å²) in [5, 5.41) is 10.9. The lowest BCUT2D eigenvalue weighted by Crippen LogP contribution is -2.13. The van der Waals surface area contributed by atoms with Crippen LogP contribution in [0.4, 0.5) is 10.1 Å². The van der Waals surface area contributed by atoms with Crippen molar-refractivity contribution >= 4 is 27.5 Å². The Hall–Kier alpha value is -1.95. The van der Waals surface area contributed by atoms with Crippen LogP contribution >= 0.6 is 15.9 Å². The van der Waals surface area contributed by atoms with Gasteiger partial charge in [0.05, 0.1) is 17.1 Å². The fourth-order valence-electron chi connectivity index (χ4n) is 1.53. The van der Waals surface area contributed by atoms with Gasteiger partial charge in [0.1, 0.15) is 11.7 Å². The molecule has 0 fully saturated rings. The Bertz CT molecular complexity index is 619. The Morgan fingerprint density at radius 3 is 2.89 bits per heavy atom. The summed E-state index contributed by atoms with van der Waals surface area (Å²) in [5.74, 6) is 0.140. The van der Waals surface area contributed by atoms with Crippen molar-refractivity contribution in [3.05, 3.63) is 52.4 Å². The summed E-state index contributed by atoms with van der Waals surface area (Å²) < 4.78 is 18.5. The molecule has 0 aliphatic carbocycles. The first-order chi connectivity index (χ1) is 9.11. The summed E-state index contributed by atoms with van der Waals surface area (Å²) in [7, 11) is 1.49. The molecule has 2 N–H and O–H groups in total. The monoisotopic (exact) mass is 323 g/mol. The van der Waals surface area contributed by atoms with E-state index < -0.39 is 0 Å². The van der Waals surface area contributed by atoms with E-state index in [1.54, 1.807) is 30.5 Å². The maximum absolute atomic E-state index is 13.1. The van der Waals surface area contributed by atoms with Gasteiger partial charge in [-0.25, -0.2) is 9.37 Å². The third kappa shape index (κ3) is 3.08. The number of pyridine rings is 1. The van der Waals surface area contributed by atoms with Gasteiger partial charge in [-0.1, -0.05) is 0 Å². The van der Waals surface area contributed by atoms with Gasteiger partial charge in [-0.15, -0.1) is 0 Å². The highest BCUT2D eigenvalue weighted by Crippen LogP contribution is 2.21. The van der Waals surface area contributed by atoms with Crippen LogP contribution in [0, 0.1) is 11.2 Å². The zero-order valence-electron chi connectivity index (χ0n) is 10.1. The van der Waals surface area contributed by atoms with Crippen LogP contribution in [-0.4, -0.2) is 17.9 Å². The zero-order valence-corrected chi connectivity index (χ0v) is 11.7.